The molecule has 28 heavy (non-hydrogen) atoms. The minimum absolute atomic E-state index is 0.0180. The predicted molar refractivity (Wildman–Crippen MR) is 108 cm³/mol. The standard InChI is InChI=1S/C22H18ClN3O2/c1-13-2-4-20(27)16(10-13)18-12-19-17-11-15(23)3-5-21(17)28-22(26(19)25-18)14-6-8-24-9-7-14/h2-11,19,22,27H,12H2,1H3/t19-,22+/m1/s1. The molecule has 0 saturated carbocycles. The molecule has 0 unspecified atom stereocenters. The van der Waals surface area contributed by atoms with E-state index in [1.54, 1.807) is 18.5 Å². The number of aromatic nitrogens is 1. The molecule has 0 saturated heterocycles. The monoisotopic (exact) mass is 391 g/mol. The maximum Gasteiger partial charge on any atom is 0.213 e. The molecule has 2 atom stereocenters. The fraction of sp³-hybridized carbons (Fsp3) is 0.182. The van der Waals surface area contributed by atoms with E-state index in [0.717, 1.165) is 33.7 Å². The number of benzene rings is 2. The average molecular weight is 392 g/mol. The van der Waals surface area contributed by atoms with Crippen LogP contribution in [0.2, 0.25) is 5.02 Å². The van der Waals surface area contributed by atoms with Crippen LogP contribution in [0.3, 0.4) is 0 Å². The first-order valence-electron chi connectivity index (χ1n) is 9.12. The summed E-state index contributed by atoms with van der Waals surface area (Å²) in [5.41, 5.74) is 4.64. The molecular weight excluding hydrogens is 374 g/mol. The zero-order chi connectivity index (χ0) is 19.3. The Kier molecular flexibility index (Phi) is 3.98. The number of aromatic hydroxyl groups is 1. The Morgan fingerprint density at radius 2 is 1.93 bits per heavy atom. The van der Waals surface area contributed by atoms with Crippen LogP contribution in [0.4, 0.5) is 0 Å². The third kappa shape index (κ3) is 2.79. The fourth-order valence-corrected chi connectivity index (χ4v) is 4.03. The van der Waals surface area contributed by atoms with Crippen molar-refractivity contribution in [3.8, 4) is 11.5 Å². The van der Waals surface area contributed by atoms with Crippen molar-refractivity contribution in [1.29, 1.82) is 0 Å². The summed E-state index contributed by atoms with van der Waals surface area (Å²) in [6.07, 6.45) is 3.79. The van der Waals surface area contributed by atoms with Gasteiger partial charge in [0, 0.05) is 40.5 Å². The second-order valence-corrected chi connectivity index (χ2v) is 7.54. The van der Waals surface area contributed by atoms with E-state index in [2.05, 4.69) is 4.98 Å². The Balaban J connectivity index is 1.63. The van der Waals surface area contributed by atoms with Crippen molar-refractivity contribution in [2.24, 2.45) is 5.10 Å². The van der Waals surface area contributed by atoms with E-state index >= 15 is 0 Å². The molecule has 0 spiro atoms. The smallest absolute Gasteiger partial charge is 0.213 e. The highest BCUT2D eigenvalue weighted by Gasteiger charge is 2.41. The van der Waals surface area contributed by atoms with Crippen LogP contribution in [0.25, 0.3) is 0 Å². The van der Waals surface area contributed by atoms with E-state index in [4.69, 9.17) is 21.4 Å². The van der Waals surface area contributed by atoms with Gasteiger partial charge < -0.3 is 9.84 Å². The van der Waals surface area contributed by atoms with Gasteiger partial charge in [-0.3, -0.25) is 4.98 Å². The highest BCUT2D eigenvalue weighted by Crippen LogP contribution is 2.48. The van der Waals surface area contributed by atoms with Crippen molar-refractivity contribution in [3.63, 3.8) is 0 Å². The van der Waals surface area contributed by atoms with Crippen molar-refractivity contribution in [2.75, 3.05) is 0 Å². The number of fused-ring (bicyclic) bond motifs is 3. The number of hydrogen-bond acceptors (Lipinski definition) is 5. The van der Waals surface area contributed by atoms with Gasteiger partial charge in [-0.05, 0) is 49.4 Å². The second kappa shape index (κ2) is 6.53. The highest BCUT2D eigenvalue weighted by molar-refractivity contribution is 6.30. The summed E-state index contributed by atoms with van der Waals surface area (Å²) in [4.78, 5) is 4.11. The minimum Gasteiger partial charge on any atom is -0.507 e. The zero-order valence-electron chi connectivity index (χ0n) is 15.2. The van der Waals surface area contributed by atoms with E-state index in [1.807, 2.05) is 54.4 Å². The summed E-state index contributed by atoms with van der Waals surface area (Å²) in [6, 6.07) is 15.1. The molecule has 0 amide bonds. The van der Waals surface area contributed by atoms with Crippen molar-refractivity contribution >= 4 is 17.3 Å². The van der Waals surface area contributed by atoms with Gasteiger partial charge in [0.15, 0.2) is 0 Å². The number of pyridine rings is 1. The van der Waals surface area contributed by atoms with Gasteiger partial charge in [0.2, 0.25) is 6.23 Å². The molecule has 0 fully saturated rings. The van der Waals surface area contributed by atoms with Gasteiger partial charge in [0.05, 0.1) is 11.8 Å². The summed E-state index contributed by atoms with van der Waals surface area (Å²) < 4.78 is 6.29. The van der Waals surface area contributed by atoms with Crippen LogP contribution >= 0.6 is 11.6 Å². The first-order valence-corrected chi connectivity index (χ1v) is 9.50. The molecule has 2 aliphatic heterocycles. The Morgan fingerprint density at radius 3 is 2.75 bits per heavy atom. The molecule has 0 radical (unpaired) electrons. The number of halogens is 1. The van der Waals surface area contributed by atoms with E-state index in [9.17, 15) is 5.11 Å². The molecule has 6 heteroatoms. The minimum atomic E-state index is -0.369. The summed E-state index contributed by atoms with van der Waals surface area (Å²) in [6.45, 7) is 2.00. The number of phenols is 1. The predicted octanol–water partition coefficient (Wildman–Crippen LogP) is 4.99. The van der Waals surface area contributed by atoms with Crippen molar-refractivity contribution < 1.29 is 9.84 Å². The molecule has 2 aliphatic rings. The van der Waals surface area contributed by atoms with Gasteiger partial charge in [0.25, 0.3) is 0 Å². The molecule has 1 aromatic heterocycles. The van der Waals surface area contributed by atoms with Crippen LogP contribution in [0.5, 0.6) is 11.5 Å². The number of ether oxygens (including phenoxy) is 1. The van der Waals surface area contributed by atoms with Crippen LogP contribution in [0, 0.1) is 6.92 Å². The second-order valence-electron chi connectivity index (χ2n) is 7.10. The number of hydrogen-bond donors (Lipinski definition) is 1. The van der Waals surface area contributed by atoms with E-state index in [1.165, 1.54) is 0 Å². The average Bonchev–Trinajstić information content (AvgIpc) is 3.15. The van der Waals surface area contributed by atoms with Gasteiger partial charge in [-0.2, -0.15) is 5.10 Å². The lowest BCUT2D eigenvalue weighted by atomic mass is 9.95. The highest BCUT2D eigenvalue weighted by atomic mass is 35.5. The van der Waals surface area contributed by atoms with Crippen molar-refractivity contribution in [1.82, 2.24) is 9.99 Å². The summed E-state index contributed by atoms with van der Waals surface area (Å²) in [7, 11) is 0. The number of rotatable bonds is 2. The number of hydrazone groups is 1. The first kappa shape index (κ1) is 17.1. The normalized spacial score (nSPS) is 20.2. The largest absolute Gasteiger partial charge is 0.507 e. The van der Waals surface area contributed by atoms with Gasteiger partial charge in [0.1, 0.15) is 11.5 Å². The molecule has 140 valence electrons. The third-order valence-corrected chi connectivity index (χ3v) is 5.44. The zero-order valence-corrected chi connectivity index (χ0v) is 16.0. The molecular formula is C22H18ClN3O2. The van der Waals surface area contributed by atoms with Gasteiger partial charge >= 0.3 is 0 Å². The molecule has 1 N–H and O–H groups in total. The van der Waals surface area contributed by atoms with Gasteiger partial charge in [-0.1, -0.05) is 23.2 Å². The van der Waals surface area contributed by atoms with Crippen LogP contribution < -0.4 is 4.74 Å². The van der Waals surface area contributed by atoms with Crippen molar-refractivity contribution in [3.05, 3.63) is 88.2 Å². The Labute approximate surface area is 167 Å². The Morgan fingerprint density at radius 1 is 1.11 bits per heavy atom. The van der Waals surface area contributed by atoms with E-state index < -0.39 is 0 Å². The Hall–Kier alpha value is -3.05. The van der Waals surface area contributed by atoms with Gasteiger partial charge in [-0.15, -0.1) is 0 Å². The lowest BCUT2D eigenvalue weighted by Gasteiger charge is -2.38. The van der Waals surface area contributed by atoms with Crippen LogP contribution in [0.1, 0.15) is 40.9 Å². The van der Waals surface area contributed by atoms with E-state index in [-0.39, 0.29) is 18.0 Å². The summed E-state index contributed by atoms with van der Waals surface area (Å²) in [5, 5.41) is 17.9. The summed E-state index contributed by atoms with van der Waals surface area (Å²) in [5.74, 6) is 1.04. The molecule has 5 nitrogen and oxygen atoms in total. The van der Waals surface area contributed by atoms with Gasteiger partial charge in [-0.25, -0.2) is 5.01 Å². The number of aryl methyl sites for hydroxylation is 1. The molecule has 3 aromatic rings. The Bertz CT molecular complexity index is 1080. The van der Waals surface area contributed by atoms with Crippen LogP contribution in [0.15, 0.2) is 66.0 Å². The maximum atomic E-state index is 10.4. The number of nitrogens with zero attached hydrogens (tertiary/aromatic N) is 3. The fourth-order valence-electron chi connectivity index (χ4n) is 3.85. The lowest BCUT2D eigenvalue weighted by Crippen LogP contribution is -2.33. The molecule has 5 rings (SSSR count). The van der Waals surface area contributed by atoms with Crippen LogP contribution in [-0.4, -0.2) is 20.8 Å². The first-order chi connectivity index (χ1) is 13.6. The SMILES string of the molecule is Cc1ccc(O)c(C2=NN3[C@H](C2)c2cc(Cl)ccc2O[C@H]3c2ccncc2)c1. The quantitative estimate of drug-likeness (QED) is 0.668. The van der Waals surface area contributed by atoms with Crippen molar-refractivity contribution in [2.45, 2.75) is 25.6 Å². The molecule has 0 aliphatic carbocycles. The summed E-state index contributed by atoms with van der Waals surface area (Å²) >= 11 is 6.26. The molecule has 3 heterocycles. The molecule has 2 aromatic carbocycles. The molecule has 0 bridgehead atoms. The number of phenolic OH excluding ortho intramolecular Hbond substituents is 1. The lowest BCUT2D eigenvalue weighted by molar-refractivity contribution is -0.0190. The maximum absolute atomic E-state index is 10.4. The van der Waals surface area contributed by atoms with E-state index in [0.29, 0.717) is 11.4 Å². The topological polar surface area (TPSA) is 58.0 Å². The van der Waals surface area contributed by atoms with Crippen LogP contribution in [-0.2, 0) is 0 Å². The third-order valence-electron chi connectivity index (χ3n) is 5.21.